The second kappa shape index (κ2) is 8.14. The highest BCUT2D eigenvalue weighted by Crippen LogP contribution is 2.25. The SMILES string of the molecule is COc1ccc(C)cc1NC(=O)c1ccn(COc2ccc(Cl)cc2C)n1. The van der Waals surface area contributed by atoms with E-state index < -0.39 is 0 Å². The van der Waals surface area contributed by atoms with Crippen LogP contribution in [0.25, 0.3) is 0 Å². The first kappa shape index (κ1) is 18.8. The van der Waals surface area contributed by atoms with E-state index in [2.05, 4.69) is 10.4 Å². The van der Waals surface area contributed by atoms with Crippen LogP contribution in [0.2, 0.25) is 5.02 Å². The molecule has 0 bridgehead atoms. The second-order valence-electron chi connectivity index (χ2n) is 6.08. The Morgan fingerprint density at radius 3 is 2.67 bits per heavy atom. The van der Waals surface area contributed by atoms with E-state index in [1.54, 1.807) is 36.2 Å². The predicted molar refractivity (Wildman–Crippen MR) is 105 cm³/mol. The van der Waals surface area contributed by atoms with E-state index in [0.29, 0.717) is 22.2 Å². The van der Waals surface area contributed by atoms with Gasteiger partial charge in [-0.1, -0.05) is 17.7 Å². The van der Waals surface area contributed by atoms with Gasteiger partial charge in [0.25, 0.3) is 5.91 Å². The Morgan fingerprint density at radius 1 is 1.15 bits per heavy atom. The molecule has 0 aliphatic carbocycles. The molecule has 0 fully saturated rings. The van der Waals surface area contributed by atoms with Crippen LogP contribution < -0.4 is 14.8 Å². The van der Waals surface area contributed by atoms with Crippen LogP contribution in [0.1, 0.15) is 21.6 Å². The maximum Gasteiger partial charge on any atom is 0.276 e. The number of nitrogens with one attached hydrogen (secondary N) is 1. The number of aryl methyl sites for hydroxylation is 2. The molecule has 1 aromatic heterocycles. The van der Waals surface area contributed by atoms with Gasteiger partial charge in [0.1, 0.15) is 11.5 Å². The molecule has 0 atom stereocenters. The smallest absolute Gasteiger partial charge is 0.276 e. The molecule has 3 aromatic rings. The third-order valence-electron chi connectivity index (χ3n) is 3.97. The van der Waals surface area contributed by atoms with Crippen LogP contribution in [-0.2, 0) is 6.73 Å². The number of methoxy groups -OCH3 is 1. The number of anilines is 1. The average Bonchev–Trinajstić information content (AvgIpc) is 3.10. The van der Waals surface area contributed by atoms with Gasteiger partial charge >= 0.3 is 0 Å². The van der Waals surface area contributed by atoms with Gasteiger partial charge in [0.05, 0.1) is 12.8 Å². The molecule has 0 spiro atoms. The summed E-state index contributed by atoms with van der Waals surface area (Å²) in [6, 6.07) is 12.6. The predicted octanol–water partition coefficient (Wildman–Crippen LogP) is 4.45. The zero-order chi connectivity index (χ0) is 19.4. The summed E-state index contributed by atoms with van der Waals surface area (Å²) in [4.78, 5) is 12.5. The van der Waals surface area contributed by atoms with Crippen molar-refractivity contribution in [3.8, 4) is 11.5 Å². The van der Waals surface area contributed by atoms with E-state index in [0.717, 1.165) is 11.1 Å². The van der Waals surface area contributed by atoms with Crippen molar-refractivity contribution in [1.29, 1.82) is 0 Å². The van der Waals surface area contributed by atoms with Crippen LogP contribution in [0, 0.1) is 13.8 Å². The van der Waals surface area contributed by atoms with Crippen molar-refractivity contribution >= 4 is 23.2 Å². The highest BCUT2D eigenvalue weighted by atomic mass is 35.5. The van der Waals surface area contributed by atoms with Crippen LogP contribution in [0.15, 0.2) is 48.7 Å². The zero-order valence-corrected chi connectivity index (χ0v) is 16.1. The van der Waals surface area contributed by atoms with Gasteiger partial charge in [0, 0.05) is 11.2 Å². The summed E-state index contributed by atoms with van der Waals surface area (Å²) < 4.78 is 12.6. The minimum absolute atomic E-state index is 0.184. The first-order chi connectivity index (χ1) is 13.0. The van der Waals surface area contributed by atoms with Crippen molar-refractivity contribution < 1.29 is 14.3 Å². The normalized spacial score (nSPS) is 10.5. The number of amides is 1. The first-order valence-electron chi connectivity index (χ1n) is 8.34. The maximum absolute atomic E-state index is 12.5. The Bertz CT molecular complexity index is 969. The largest absolute Gasteiger partial charge is 0.495 e. The summed E-state index contributed by atoms with van der Waals surface area (Å²) in [5.74, 6) is 0.987. The van der Waals surface area contributed by atoms with Gasteiger partial charge < -0.3 is 14.8 Å². The van der Waals surface area contributed by atoms with Crippen molar-refractivity contribution in [2.24, 2.45) is 0 Å². The van der Waals surface area contributed by atoms with Gasteiger partial charge in [-0.05, 0) is 61.4 Å². The first-order valence-corrected chi connectivity index (χ1v) is 8.72. The molecule has 140 valence electrons. The molecular weight excluding hydrogens is 366 g/mol. The van der Waals surface area contributed by atoms with E-state index in [4.69, 9.17) is 21.1 Å². The quantitative estimate of drug-likeness (QED) is 0.680. The number of carbonyl (C=O) groups excluding carboxylic acids is 1. The Hall–Kier alpha value is -2.99. The van der Waals surface area contributed by atoms with E-state index in [1.165, 1.54) is 0 Å². The van der Waals surface area contributed by atoms with E-state index in [1.807, 2.05) is 38.1 Å². The molecule has 0 radical (unpaired) electrons. The lowest BCUT2D eigenvalue weighted by molar-refractivity contribution is 0.102. The van der Waals surface area contributed by atoms with Crippen molar-refractivity contribution in [1.82, 2.24) is 9.78 Å². The molecule has 1 amide bonds. The number of benzene rings is 2. The van der Waals surface area contributed by atoms with Crippen LogP contribution in [0.3, 0.4) is 0 Å². The van der Waals surface area contributed by atoms with Crippen molar-refractivity contribution in [3.05, 3.63) is 70.5 Å². The molecule has 7 heteroatoms. The lowest BCUT2D eigenvalue weighted by atomic mass is 10.2. The Morgan fingerprint density at radius 2 is 1.93 bits per heavy atom. The average molecular weight is 386 g/mol. The summed E-state index contributed by atoms with van der Waals surface area (Å²) in [6.45, 7) is 4.04. The Balaban J connectivity index is 1.66. The van der Waals surface area contributed by atoms with E-state index >= 15 is 0 Å². The number of halogens is 1. The molecule has 0 aliphatic heterocycles. The van der Waals surface area contributed by atoms with Crippen LogP contribution >= 0.6 is 11.6 Å². The molecule has 0 aliphatic rings. The molecule has 3 rings (SSSR count). The monoisotopic (exact) mass is 385 g/mol. The minimum Gasteiger partial charge on any atom is -0.495 e. The molecular formula is C20H20ClN3O3. The fourth-order valence-corrected chi connectivity index (χ4v) is 2.80. The lowest BCUT2D eigenvalue weighted by Crippen LogP contribution is -2.15. The fourth-order valence-electron chi connectivity index (χ4n) is 2.57. The van der Waals surface area contributed by atoms with Gasteiger partial charge in [0.15, 0.2) is 12.4 Å². The summed E-state index contributed by atoms with van der Waals surface area (Å²) in [5.41, 5.74) is 2.84. The number of nitrogens with zero attached hydrogens (tertiary/aromatic N) is 2. The van der Waals surface area contributed by atoms with Crippen LogP contribution in [0.5, 0.6) is 11.5 Å². The van der Waals surface area contributed by atoms with Crippen molar-refractivity contribution in [2.45, 2.75) is 20.6 Å². The van der Waals surface area contributed by atoms with Crippen molar-refractivity contribution in [3.63, 3.8) is 0 Å². The highest BCUT2D eigenvalue weighted by Gasteiger charge is 2.13. The minimum atomic E-state index is -0.319. The van der Waals surface area contributed by atoms with Gasteiger partial charge in [0.2, 0.25) is 0 Å². The number of carbonyl (C=O) groups is 1. The molecule has 2 aromatic carbocycles. The third-order valence-corrected chi connectivity index (χ3v) is 4.20. The molecule has 0 saturated heterocycles. The summed E-state index contributed by atoms with van der Waals surface area (Å²) in [7, 11) is 1.56. The molecule has 1 heterocycles. The lowest BCUT2D eigenvalue weighted by Gasteiger charge is -2.10. The second-order valence-corrected chi connectivity index (χ2v) is 6.52. The third kappa shape index (κ3) is 4.60. The molecule has 27 heavy (non-hydrogen) atoms. The molecule has 1 N–H and O–H groups in total. The summed E-state index contributed by atoms with van der Waals surface area (Å²) in [5, 5.41) is 7.74. The van der Waals surface area contributed by atoms with E-state index in [9.17, 15) is 4.79 Å². The van der Waals surface area contributed by atoms with E-state index in [-0.39, 0.29) is 18.3 Å². The van der Waals surface area contributed by atoms with Gasteiger partial charge in [-0.15, -0.1) is 0 Å². The van der Waals surface area contributed by atoms with Gasteiger partial charge in [-0.2, -0.15) is 5.10 Å². The highest BCUT2D eigenvalue weighted by molar-refractivity contribution is 6.30. The standard InChI is InChI=1S/C20H20ClN3O3/c1-13-4-6-19(26-3)17(10-13)22-20(25)16-8-9-24(23-16)12-27-18-7-5-15(21)11-14(18)2/h4-11H,12H2,1-3H3,(H,22,25). The number of ether oxygens (including phenoxy) is 2. The molecule has 0 saturated carbocycles. The summed E-state index contributed by atoms with van der Waals surface area (Å²) >= 11 is 5.94. The van der Waals surface area contributed by atoms with Gasteiger partial charge in [-0.25, -0.2) is 4.68 Å². The number of rotatable bonds is 6. The Kier molecular flexibility index (Phi) is 5.66. The molecule has 0 unspecified atom stereocenters. The van der Waals surface area contributed by atoms with Crippen molar-refractivity contribution in [2.75, 3.05) is 12.4 Å². The van der Waals surface area contributed by atoms with Gasteiger partial charge in [-0.3, -0.25) is 4.79 Å². The van der Waals surface area contributed by atoms with Crippen LogP contribution in [0.4, 0.5) is 5.69 Å². The number of hydrogen-bond donors (Lipinski definition) is 1. The number of aromatic nitrogens is 2. The fraction of sp³-hybridized carbons (Fsp3) is 0.200. The number of hydrogen-bond acceptors (Lipinski definition) is 4. The molecule has 6 nitrogen and oxygen atoms in total. The topological polar surface area (TPSA) is 65.4 Å². The maximum atomic E-state index is 12.5. The summed E-state index contributed by atoms with van der Waals surface area (Å²) in [6.07, 6.45) is 1.69. The van der Waals surface area contributed by atoms with Crippen LogP contribution in [-0.4, -0.2) is 22.8 Å². The zero-order valence-electron chi connectivity index (χ0n) is 15.3. The Labute approximate surface area is 162 Å².